The highest BCUT2D eigenvalue weighted by Crippen LogP contribution is 2.35. The summed E-state index contributed by atoms with van der Waals surface area (Å²) in [6, 6.07) is -0.123. The lowest BCUT2D eigenvalue weighted by molar-refractivity contribution is -0.168. The van der Waals surface area contributed by atoms with Gasteiger partial charge in [-0.15, -0.1) is 0 Å². The van der Waals surface area contributed by atoms with Crippen LogP contribution in [0, 0.1) is 5.92 Å². The van der Waals surface area contributed by atoms with E-state index in [1.54, 1.807) is 22.2 Å². The predicted octanol–water partition coefficient (Wildman–Crippen LogP) is 1.68. The third-order valence-electron chi connectivity index (χ3n) is 5.72. The molecule has 8 nitrogen and oxygen atoms in total. The standard InChI is InChI=1S/C18H22F3N5O3/c19-18(20,21)12-3-4-25(9-12)14-5-22-16(23-6-14)11-7-26(8-11)15(27)2-1-13-10-29-17(28)24-13/h5-6,11-13H,1-4,7-10H2,(H,24,28)/t12?,13-/m1/s1. The zero-order valence-electron chi connectivity index (χ0n) is 15.7. The summed E-state index contributed by atoms with van der Waals surface area (Å²) in [6.45, 7) is 1.60. The third-order valence-corrected chi connectivity index (χ3v) is 5.72. The van der Waals surface area contributed by atoms with E-state index in [4.69, 9.17) is 4.74 Å². The summed E-state index contributed by atoms with van der Waals surface area (Å²) in [5.41, 5.74) is 0.591. The number of nitrogens with zero attached hydrogens (tertiary/aromatic N) is 4. The van der Waals surface area contributed by atoms with Crippen LogP contribution in [0.15, 0.2) is 12.4 Å². The van der Waals surface area contributed by atoms with E-state index in [-0.39, 0.29) is 37.4 Å². The summed E-state index contributed by atoms with van der Waals surface area (Å²) in [5.74, 6) is -0.670. The number of alkyl carbamates (subject to hydrolysis) is 1. The Bertz CT molecular complexity index is 767. The van der Waals surface area contributed by atoms with Gasteiger partial charge in [-0.25, -0.2) is 14.8 Å². The van der Waals surface area contributed by atoms with Gasteiger partial charge in [0.05, 0.1) is 36.0 Å². The number of aromatic nitrogens is 2. The van der Waals surface area contributed by atoms with E-state index in [2.05, 4.69) is 15.3 Å². The van der Waals surface area contributed by atoms with Crippen molar-refractivity contribution in [2.75, 3.05) is 37.7 Å². The second-order valence-corrected chi connectivity index (χ2v) is 7.75. The summed E-state index contributed by atoms with van der Waals surface area (Å²) in [6.07, 6.45) is -0.546. The van der Waals surface area contributed by atoms with E-state index in [1.807, 2.05) is 0 Å². The van der Waals surface area contributed by atoms with Gasteiger partial charge >= 0.3 is 12.3 Å². The minimum absolute atomic E-state index is 0.00859. The van der Waals surface area contributed by atoms with Crippen molar-refractivity contribution in [2.45, 2.75) is 37.4 Å². The number of nitrogens with one attached hydrogen (secondary N) is 1. The molecule has 29 heavy (non-hydrogen) atoms. The Labute approximate surface area is 165 Å². The Morgan fingerprint density at radius 1 is 1.24 bits per heavy atom. The number of cyclic esters (lactones) is 1. The van der Waals surface area contributed by atoms with Crippen LogP contribution < -0.4 is 10.2 Å². The van der Waals surface area contributed by atoms with Gasteiger partial charge in [-0.3, -0.25) is 4.79 Å². The molecular formula is C18H22F3N5O3. The number of ether oxygens (including phenoxy) is 1. The number of alkyl halides is 3. The highest BCUT2D eigenvalue weighted by Gasteiger charge is 2.43. The SMILES string of the molecule is O=C1N[C@H](CCC(=O)N2CC(c3ncc(N4CCC(C(F)(F)F)C4)cn3)C2)CO1. The largest absolute Gasteiger partial charge is 0.447 e. The van der Waals surface area contributed by atoms with Crippen LogP contribution in [0.1, 0.15) is 31.0 Å². The van der Waals surface area contributed by atoms with Crippen molar-refractivity contribution in [3.63, 3.8) is 0 Å². The molecule has 1 aromatic rings. The number of rotatable bonds is 5. The summed E-state index contributed by atoms with van der Waals surface area (Å²) in [5, 5.41) is 2.64. The van der Waals surface area contributed by atoms with Crippen LogP contribution in [0.3, 0.4) is 0 Å². The fraction of sp³-hybridized carbons (Fsp3) is 0.667. The highest BCUT2D eigenvalue weighted by molar-refractivity contribution is 5.77. The van der Waals surface area contributed by atoms with Crippen molar-refractivity contribution in [1.29, 1.82) is 0 Å². The second kappa shape index (κ2) is 7.68. The lowest BCUT2D eigenvalue weighted by Gasteiger charge is -2.38. The molecule has 0 bridgehead atoms. The number of halogens is 3. The lowest BCUT2D eigenvalue weighted by Crippen LogP contribution is -2.49. The molecular weight excluding hydrogens is 391 g/mol. The molecule has 1 N–H and O–H groups in total. The molecule has 2 atom stereocenters. The minimum atomic E-state index is -4.17. The summed E-state index contributed by atoms with van der Waals surface area (Å²) >= 11 is 0. The first-order chi connectivity index (χ1) is 13.8. The smallest absolute Gasteiger partial charge is 0.407 e. The first-order valence-corrected chi connectivity index (χ1v) is 9.64. The molecule has 4 heterocycles. The molecule has 2 amide bonds. The van der Waals surface area contributed by atoms with Crippen molar-refractivity contribution in [3.05, 3.63) is 18.2 Å². The molecule has 1 aromatic heterocycles. The number of carbonyl (C=O) groups is 2. The fourth-order valence-corrected chi connectivity index (χ4v) is 3.85. The number of likely N-dealkylation sites (tertiary alicyclic amines) is 1. The molecule has 3 aliphatic rings. The molecule has 3 saturated heterocycles. The monoisotopic (exact) mass is 413 g/mol. The average Bonchev–Trinajstić information content (AvgIpc) is 3.28. The number of hydrogen-bond donors (Lipinski definition) is 1. The molecule has 3 fully saturated rings. The van der Waals surface area contributed by atoms with Gasteiger partial charge in [0.25, 0.3) is 0 Å². The minimum Gasteiger partial charge on any atom is -0.447 e. The quantitative estimate of drug-likeness (QED) is 0.790. The Kier molecular flexibility index (Phi) is 5.22. The topological polar surface area (TPSA) is 87.7 Å². The van der Waals surface area contributed by atoms with Gasteiger partial charge in [0.15, 0.2) is 0 Å². The first-order valence-electron chi connectivity index (χ1n) is 9.64. The van der Waals surface area contributed by atoms with Gasteiger partial charge in [0, 0.05) is 32.6 Å². The zero-order chi connectivity index (χ0) is 20.6. The van der Waals surface area contributed by atoms with E-state index in [0.717, 1.165) is 0 Å². The summed E-state index contributed by atoms with van der Waals surface area (Å²) < 4.78 is 43.3. The van der Waals surface area contributed by atoms with Crippen LogP contribution in [0.25, 0.3) is 0 Å². The predicted molar refractivity (Wildman–Crippen MR) is 95.2 cm³/mol. The highest BCUT2D eigenvalue weighted by atomic mass is 19.4. The van der Waals surface area contributed by atoms with Crippen LogP contribution in [-0.4, -0.2) is 71.9 Å². The Hall–Kier alpha value is -2.59. The van der Waals surface area contributed by atoms with Gasteiger partial charge in [-0.1, -0.05) is 0 Å². The van der Waals surface area contributed by atoms with Crippen molar-refractivity contribution in [1.82, 2.24) is 20.2 Å². The van der Waals surface area contributed by atoms with Gasteiger partial charge in [-0.05, 0) is 12.8 Å². The van der Waals surface area contributed by atoms with Crippen LogP contribution in [-0.2, 0) is 9.53 Å². The Morgan fingerprint density at radius 2 is 1.97 bits per heavy atom. The van der Waals surface area contributed by atoms with E-state index in [1.165, 1.54) is 0 Å². The molecule has 0 saturated carbocycles. The third kappa shape index (κ3) is 4.38. The van der Waals surface area contributed by atoms with Crippen LogP contribution in [0.2, 0.25) is 0 Å². The maximum atomic E-state index is 12.8. The Morgan fingerprint density at radius 3 is 2.55 bits per heavy atom. The van der Waals surface area contributed by atoms with Gasteiger partial charge < -0.3 is 19.9 Å². The molecule has 0 spiro atoms. The summed E-state index contributed by atoms with van der Waals surface area (Å²) in [4.78, 5) is 35.2. The zero-order valence-corrected chi connectivity index (χ0v) is 15.7. The number of anilines is 1. The maximum absolute atomic E-state index is 12.8. The maximum Gasteiger partial charge on any atom is 0.407 e. The number of amides is 2. The van der Waals surface area contributed by atoms with E-state index in [0.29, 0.717) is 44.0 Å². The van der Waals surface area contributed by atoms with Gasteiger partial charge in [0.1, 0.15) is 12.4 Å². The molecule has 4 rings (SSSR count). The van der Waals surface area contributed by atoms with Gasteiger partial charge in [-0.2, -0.15) is 13.2 Å². The molecule has 3 aliphatic heterocycles. The fourth-order valence-electron chi connectivity index (χ4n) is 3.85. The van der Waals surface area contributed by atoms with Crippen LogP contribution in [0.5, 0.6) is 0 Å². The van der Waals surface area contributed by atoms with E-state index >= 15 is 0 Å². The molecule has 1 unspecified atom stereocenters. The number of carbonyl (C=O) groups excluding carboxylic acids is 2. The molecule has 0 radical (unpaired) electrons. The van der Waals surface area contributed by atoms with E-state index < -0.39 is 18.2 Å². The van der Waals surface area contributed by atoms with Crippen LogP contribution >= 0.6 is 0 Å². The van der Waals surface area contributed by atoms with Crippen molar-refractivity contribution >= 4 is 17.7 Å². The van der Waals surface area contributed by atoms with Crippen molar-refractivity contribution in [3.8, 4) is 0 Å². The average molecular weight is 413 g/mol. The van der Waals surface area contributed by atoms with E-state index in [9.17, 15) is 22.8 Å². The molecule has 158 valence electrons. The second-order valence-electron chi connectivity index (χ2n) is 7.75. The van der Waals surface area contributed by atoms with Crippen molar-refractivity contribution < 1.29 is 27.5 Å². The number of hydrogen-bond acceptors (Lipinski definition) is 6. The summed E-state index contributed by atoms with van der Waals surface area (Å²) in [7, 11) is 0. The van der Waals surface area contributed by atoms with Crippen LogP contribution in [0.4, 0.5) is 23.7 Å². The molecule has 11 heteroatoms. The Balaban J connectivity index is 1.23. The first kappa shape index (κ1) is 19.7. The normalized spacial score (nSPS) is 25.0. The lowest BCUT2D eigenvalue weighted by atomic mass is 9.98. The molecule has 0 aliphatic carbocycles. The van der Waals surface area contributed by atoms with Crippen molar-refractivity contribution in [2.24, 2.45) is 5.92 Å². The molecule has 0 aromatic carbocycles. The van der Waals surface area contributed by atoms with Gasteiger partial charge in [0.2, 0.25) is 5.91 Å².